The lowest BCUT2D eigenvalue weighted by Crippen LogP contribution is -2.38. The van der Waals surface area contributed by atoms with Gasteiger partial charge in [0.25, 0.3) is 0 Å². The second-order valence-corrected chi connectivity index (χ2v) is 6.82. The minimum Gasteiger partial charge on any atom is -0.315 e. The Morgan fingerprint density at radius 2 is 1.88 bits per heavy atom. The Morgan fingerprint density at radius 3 is 2.41 bits per heavy atom. The molecule has 0 spiro atoms. The summed E-state index contributed by atoms with van der Waals surface area (Å²) < 4.78 is 0. The molecule has 0 aliphatic heterocycles. The van der Waals surface area contributed by atoms with Crippen molar-refractivity contribution in [2.45, 2.75) is 58.8 Å². The third kappa shape index (κ3) is 3.22. The van der Waals surface area contributed by atoms with Crippen LogP contribution in [0.4, 0.5) is 0 Å². The molecule has 0 amide bonds. The summed E-state index contributed by atoms with van der Waals surface area (Å²) in [6.45, 7) is 6.75. The van der Waals surface area contributed by atoms with Gasteiger partial charge in [-0.3, -0.25) is 0 Å². The largest absolute Gasteiger partial charge is 0.315 e. The lowest BCUT2D eigenvalue weighted by atomic mass is 9.71. The Morgan fingerprint density at radius 1 is 1.24 bits per heavy atom. The minimum absolute atomic E-state index is 0.00262. The number of nitrogens with zero attached hydrogens (tertiary/aromatic N) is 1. The molecule has 1 N–H and O–H groups in total. The molecular weight excluding hydrogens is 208 g/mol. The summed E-state index contributed by atoms with van der Waals surface area (Å²) in [5.74, 6) is 0.876. The first-order valence-electron chi connectivity index (χ1n) is 7.20. The van der Waals surface area contributed by atoms with Crippen molar-refractivity contribution in [2.75, 3.05) is 13.1 Å². The van der Waals surface area contributed by atoms with Crippen LogP contribution in [0.25, 0.3) is 0 Å². The molecule has 0 atom stereocenters. The normalized spacial score (nSPS) is 24.3. The van der Waals surface area contributed by atoms with Crippen LogP contribution in [0.1, 0.15) is 58.8 Å². The van der Waals surface area contributed by atoms with Crippen molar-refractivity contribution in [1.82, 2.24) is 5.32 Å². The summed E-state index contributed by atoms with van der Waals surface area (Å²) in [6, 6.07) is 2.46. The predicted molar refractivity (Wildman–Crippen MR) is 70.5 cm³/mol. The molecule has 0 unspecified atom stereocenters. The Kier molecular flexibility index (Phi) is 3.78. The highest BCUT2D eigenvalue weighted by Gasteiger charge is 2.43. The molecule has 0 bridgehead atoms. The molecule has 0 saturated heterocycles. The standard InChI is InChI=1S/C15H26N2/c1-14(2,13-6-4-3-5-7-13)11-17-12-15(10-16)8-9-15/h13,17H,3-9,11-12H2,1-2H3. The fourth-order valence-corrected chi connectivity index (χ4v) is 3.13. The zero-order chi connectivity index (χ0) is 12.4. The van der Waals surface area contributed by atoms with Crippen LogP contribution in [-0.4, -0.2) is 13.1 Å². The molecule has 0 aromatic carbocycles. The van der Waals surface area contributed by atoms with E-state index in [0.717, 1.165) is 31.8 Å². The molecule has 2 rings (SSSR count). The van der Waals surface area contributed by atoms with E-state index in [0.29, 0.717) is 5.41 Å². The quantitative estimate of drug-likeness (QED) is 0.790. The lowest BCUT2D eigenvalue weighted by molar-refractivity contribution is 0.153. The third-order valence-corrected chi connectivity index (χ3v) is 4.85. The van der Waals surface area contributed by atoms with E-state index in [1.54, 1.807) is 0 Å². The van der Waals surface area contributed by atoms with E-state index in [2.05, 4.69) is 25.2 Å². The minimum atomic E-state index is 0.00262. The van der Waals surface area contributed by atoms with Crippen LogP contribution >= 0.6 is 0 Å². The molecule has 2 nitrogen and oxygen atoms in total. The van der Waals surface area contributed by atoms with Crippen molar-refractivity contribution < 1.29 is 0 Å². The fourth-order valence-electron chi connectivity index (χ4n) is 3.13. The molecule has 2 heteroatoms. The van der Waals surface area contributed by atoms with E-state index in [9.17, 15) is 0 Å². The molecule has 2 aliphatic rings. The van der Waals surface area contributed by atoms with Gasteiger partial charge in [-0.25, -0.2) is 0 Å². The summed E-state index contributed by atoms with van der Waals surface area (Å²) in [6.07, 6.45) is 9.25. The van der Waals surface area contributed by atoms with E-state index in [1.165, 1.54) is 32.1 Å². The van der Waals surface area contributed by atoms with Gasteiger partial charge in [0, 0.05) is 13.1 Å². The topological polar surface area (TPSA) is 35.8 Å². The zero-order valence-corrected chi connectivity index (χ0v) is 11.4. The number of hydrogen-bond acceptors (Lipinski definition) is 2. The highest BCUT2D eigenvalue weighted by molar-refractivity contribution is 5.11. The van der Waals surface area contributed by atoms with Gasteiger partial charge in [-0.1, -0.05) is 33.1 Å². The molecule has 96 valence electrons. The first-order chi connectivity index (χ1) is 8.08. The second kappa shape index (κ2) is 4.98. The molecule has 0 heterocycles. The van der Waals surface area contributed by atoms with E-state index in [4.69, 9.17) is 5.26 Å². The van der Waals surface area contributed by atoms with E-state index >= 15 is 0 Å². The predicted octanol–water partition coefficient (Wildman–Crippen LogP) is 3.49. The SMILES string of the molecule is CC(C)(CNCC1(C#N)CC1)C1CCCCC1. The zero-order valence-electron chi connectivity index (χ0n) is 11.4. The second-order valence-electron chi connectivity index (χ2n) is 6.82. The lowest BCUT2D eigenvalue weighted by Gasteiger charge is -2.37. The maximum Gasteiger partial charge on any atom is 0.0703 e. The van der Waals surface area contributed by atoms with Crippen LogP contribution in [0.3, 0.4) is 0 Å². The Labute approximate surface area is 106 Å². The molecule has 0 radical (unpaired) electrons. The van der Waals surface area contributed by atoms with Crippen LogP contribution in [0, 0.1) is 28.1 Å². The van der Waals surface area contributed by atoms with Crippen molar-refractivity contribution in [3.05, 3.63) is 0 Å². The van der Waals surface area contributed by atoms with E-state index in [-0.39, 0.29) is 5.41 Å². The van der Waals surface area contributed by atoms with Gasteiger partial charge in [-0.05, 0) is 37.0 Å². The summed E-state index contributed by atoms with van der Waals surface area (Å²) in [4.78, 5) is 0. The number of nitriles is 1. The first-order valence-corrected chi connectivity index (χ1v) is 7.20. The molecule has 2 fully saturated rings. The van der Waals surface area contributed by atoms with Crippen LogP contribution in [0.5, 0.6) is 0 Å². The van der Waals surface area contributed by atoms with Crippen molar-refractivity contribution in [3.8, 4) is 6.07 Å². The number of hydrogen-bond donors (Lipinski definition) is 1. The van der Waals surface area contributed by atoms with Crippen LogP contribution in [-0.2, 0) is 0 Å². The van der Waals surface area contributed by atoms with Gasteiger partial charge in [0.1, 0.15) is 0 Å². The van der Waals surface area contributed by atoms with Gasteiger partial charge >= 0.3 is 0 Å². The van der Waals surface area contributed by atoms with Gasteiger partial charge in [-0.15, -0.1) is 0 Å². The third-order valence-electron chi connectivity index (χ3n) is 4.85. The molecule has 2 saturated carbocycles. The first kappa shape index (κ1) is 12.9. The summed E-state index contributed by atoms with van der Waals surface area (Å²) >= 11 is 0. The van der Waals surface area contributed by atoms with Crippen molar-refractivity contribution in [1.29, 1.82) is 5.26 Å². The van der Waals surface area contributed by atoms with Crippen molar-refractivity contribution in [3.63, 3.8) is 0 Å². The molecule has 2 aliphatic carbocycles. The van der Waals surface area contributed by atoms with Crippen LogP contribution in [0.2, 0.25) is 0 Å². The van der Waals surface area contributed by atoms with Crippen LogP contribution in [0.15, 0.2) is 0 Å². The summed E-state index contributed by atoms with van der Waals surface area (Å²) in [7, 11) is 0. The van der Waals surface area contributed by atoms with E-state index < -0.39 is 0 Å². The van der Waals surface area contributed by atoms with Gasteiger partial charge in [0.05, 0.1) is 11.5 Å². The maximum absolute atomic E-state index is 9.04. The van der Waals surface area contributed by atoms with Gasteiger partial charge in [0.2, 0.25) is 0 Å². The molecule has 17 heavy (non-hydrogen) atoms. The average Bonchev–Trinajstić information content (AvgIpc) is 3.11. The average molecular weight is 234 g/mol. The van der Waals surface area contributed by atoms with Gasteiger partial charge < -0.3 is 5.32 Å². The molecule has 0 aromatic heterocycles. The van der Waals surface area contributed by atoms with Crippen molar-refractivity contribution >= 4 is 0 Å². The van der Waals surface area contributed by atoms with Gasteiger partial charge in [0.15, 0.2) is 0 Å². The number of rotatable bonds is 5. The van der Waals surface area contributed by atoms with Crippen molar-refractivity contribution in [2.24, 2.45) is 16.7 Å². The molecular formula is C15H26N2. The highest BCUT2D eigenvalue weighted by atomic mass is 14.9. The molecule has 0 aromatic rings. The summed E-state index contributed by atoms with van der Waals surface area (Å²) in [5, 5.41) is 12.6. The Hall–Kier alpha value is -0.550. The number of nitrogens with one attached hydrogen (secondary N) is 1. The highest BCUT2D eigenvalue weighted by Crippen LogP contribution is 2.44. The van der Waals surface area contributed by atoms with Gasteiger partial charge in [-0.2, -0.15) is 5.26 Å². The smallest absolute Gasteiger partial charge is 0.0703 e. The van der Waals surface area contributed by atoms with E-state index in [1.807, 2.05) is 0 Å². The van der Waals surface area contributed by atoms with Crippen LogP contribution < -0.4 is 5.32 Å². The Balaban J connectivity index is 1.74. The fraction of sp³-hybridized carbons (Fsp3) is 0.933. The monoisotopic (exact) mass is 234 g/mol. The Bertz CT molecular complexity index is 291. The maximum atomic E-state index is 9.04. The summed E-state index contributed by atoms with van der Waals surface area (Å²) in [5.41, 5.74) is 0.397.